The molecule has 98 valence electrons. The van der Waals surface area contributed by atoms with E-state index >= 15 is 0 Å². The smallest absolute Gasteiger partial charge is 0.132 e. The molecule has 5 heteroatoms. The number of rotatable bonds is 2. The summed E-state index contributed by atoms with van der Waals surface area (Å²) in [4.78, 5) is 8.60. The van der Waals surface area contributed by atoms with Crippen molar-refractivity contribution in [3.05, 3.63) is 54.1 Å². The van der Waals surface area contributed by atoms with E-state index in [0.717, 1.165) is 16.7 Å². The first-order valence-corrected chi connectivity index (χ1v) is 6.62. The highest BCUT2D eigenvalue weighted by molar-refractivity contribution is 6.20. The quantitative estimate of drug-likeness (QED) is 0.675. The molecule has 2 heterocycles. The lowest BCUT2D eigenvalue weighted by molar-refractivity contribution is 0.881. The van der Waals surface area contributed by atoms with Crippen LogP contribution in [0.5, 0.6) is 0 Å². The zero-order valence-corrected chi connectivity index (χ0v) is 11.5. The van der Waals surface area contributed by atoms with E-state index in [2.05, 4.69) is 16.0 Å². The summed E-state index contributed by atoms with van der Waals surface area (Å²) in [6, 6.07) is 11.5. The maximum atomic E-state index is 9.29. The molecule has 3 rings (SSSR count). The highest BCUT2D eigenvalue weighted by Gasteiger charge is 2.18. The zero-order valence-electron chi connectivity index (χ0n) is 10.8. The van der Waals surface area contributed by atoms with Crippen LogP contribution in [-0.2, 0) is 0 Å². The molecule has 1 aromatic carbocycles. The Morgan fingerprint density at radius 2 is 2.10 bits per heavy atom. The maximum Gasteiger partial charge on any atom is 0.132 e. The average molecular weight is 283 g/mol. The number of aromatic nitrogens is 3. The zero-order chi connectivity index (χ0) is 14.1. The van der Waals surface area contributed by atoms with E-state index in [4.69, 9.17) is 11.6 Å². The summed E-state index contributed by atoms with van der Waals surface area (Å²) < 4.78 is 1.92. The number of pyridine rings is 1. The molecule has 0 radical (unpaired) electrons. The van der Waals surface area contributed by atoms with Crippen molar-refractivity contribution in [2.24, 2.45) is 0 Å². The molecule has 0 aliphatic carbocycles. The molecule has 0 amide bonds. The Morgan fingerprint density at radius 3 is 2.85 bits per heavy atom. The van der Waals surface area contributed by atoms with Crippen LogP contribution >= 0.6 is 11.6 Å². The van der Waals surface area contributed by atoms with Gasteiger partial charge in [0.1, 0.15) is 17.4 Å². The van der Waals surface area contributed by atoms with Crippen LogP contribution in [0.3, 0.4) is 0 Å². The van der Waals surface area contributed by atoms with E-state index in [9.17, 15) is 5.26 Å². The van der Waals surface area contributed by atoms with Crippen LogP contribution in [0.2, 0.25) is 0 Å². The number of alkyl halides is 1. The topological polar surface area (TPSA) is 54.5 Å². The lowest BCUT2D eigenvalue weighted by atomic mass is 10.2. The van der Waals surface area contributed by atoms with E-state index < -0.39 is 0 Å². The SMILES string of the molecule is CC(Cl)c1nc2cnccc2n1-c1ccccc1C#N. The minimum absolute atomic E-state index is 0.269. The molecule has 4 nitrogen and oxygen atoms in total. The molecule has 0 N–H and O–H groups in total. The van der Waals surface area contributed by atoms with Gasteiger partial charge >= 0.3 is 0 Å². The number of benzene rings is 1. The molecule has 0 spiro atoms. The normalized spacial score (nSPS) is 12.2. The molecule has 0 aliphatic rings. The van der Waals surface area contributed by atoms with Crippen LogP contribution in [0.1, 0.15) is 23.7 Å². The number of para-hydroxylation sites is 1. The van der Waals surface area contributed by atoms with E-state index in [1.807, 2.05) is 35.8 Å². The van der Waals surface area contributed by atoms with E-state index in [-0.39, 0.29) is 5.38 Å². The number of nitrogens with zero attached hydrogens (tertiary/aromatic N) is 4. The van der Waals surface area contributed by atoms with Gasteiger partial charge in [-0.2, -0.15) is 5.26 Å². The largest absolute Gasteiger partial charge is 0.294 e. The minimum Gasteiger partial charge on any atom is -0.294 e. The van der Waals surface area contributed by atoms with Gasteiger partial charge in [-0.3, -0.25) is 9.55 Å². The summed E-state index contributed by atoms with van der Waals surface area (Å²) in [5.74, 6) is 0.706. The highest BCUT2D eigenvalue weighted by Crippen LogP contribution is 2.28. The second kappa shape index (κ2) is 4.95. The Morgan fingerprint density at radius 1 is 1.30 bits per heavy atom. The Labute approximate surface area is 121 Å². The summed E-state index contributed by atoms with van der Waals surface area (Å²) in [5, 5.41) is 9.02. The van der Waals surface area contributed by atoms with E-state index in [1.54, 1.807) is 18.5 Å². The number of hydrogen-bond acceptors (Lipinski definition) is 3. The Kier molecular flexibility index (Phi) is 3.13. The molecule has 0 fully saturated rings. The summed E-state index contributed by atoms with van der Waals surface area (Å²) in [7, 11) is 0. The van der Waals surface area contributed by atoms with Crippen molar-refractivity contribution in [2.45, 2.75) is 12.3 Å². The van der Waals surface area contributed by atoms with Crippen LogP contribution in [0.25, 0.3) is 16.7 Å². The van der Waals surface area contributed by atoms with Gasteiger partial charge in [-0.15, -0.1) is 11.6 Å². The predicted molar refractivity (Wildman–Crippen MR) is 77.8 cm³/mol. The van der Waals surface area contributed by atoms with Gasteiger partial charge < -0.3 is 0 Å². The molecule has 0 aliphatic heterocycles. The summed E-state index contributed by atoms with van der Waals surface area (Å²) in [6.45, 7) is 1.86. The summed E-state index contributed by atoms with van der Waals surface area (Å²) in [5.41, 5.74) is 3.03. The van der Waals surface area contributed by atoms with Gasteiger partial charge in [0.25, 0.3) is 0 Å². The third kappa shape index (κ3) is 1.93. The van der Waals surface area contributed by atoms with Crippen molar-refractivity contribution in [2.75, 3.05) is 0 Å². The number of nitriles is 1. The van der Waals surface area contributed by atoms with Gasteiger partial charge in [-0.25, -0.2) is 4.98 Å². The molecule has 1 atom stereocenters. The lowest BCUT2D eigenvalue weighted by Gasteiger charge is -2.11. The average Bonchev–Trinajstić information content (AvgIpc) is 2.86. The molecule has 0 saturated heterocycles. The first-order chi connectivity index (χ1) is 9.72. The monoisotopic (exact) mass is 282 g/mol. The van der Waals surface area contributed by atoms with Gasteiger partial charge in [-0.1, -0.05) is 12.1 Å². The highest BCUT2D eigenvalue weighted by atomic mass is 35.5. The fourth-order valence-electron chi connectivity index (χ4n) is 2.23. The lowest BCUT2D eigenvalue weighted by Crippen LogP contribution is -2.03. The van der Waals surface area contributed by atoms with Gasteiger partial charge in [0.05, 0.1) is 28.3 Å². The van der Waals surface area contributed by atoms with Crippen molar-refractivity contribution in [1.82, 2.24) is 14.5 Å². The Hall–Kier alpha value is -2.38. The number of imidazole rings is 1. The predicted octanol–water partition coefficient (Wildman–Crippen LogP) is 3.59. The van der Waals surface area contributed by atoms with Crippen molar-refractivity contribution in [3.8, 4) is 11.8 Å². The molecular weight excluding hydrogens is 272 g/mol. The molecule has 0 saturated carbocycles. The first-order valence-electron chi connectivity index (χ1n) is 6.18. The number of hydrogen-bond donors (Lipinski definition) is 0. The second-order valence-corrected chi connectivity index (χ2v) is 5.07. The minimum atomic E-state index is -0.269. The molecule has 20 heavy (non-hydrogen) atoms. The third-order valence-corrected chi connectivity index (χ3v) is 3.30. The van der Waals surface area contributed by atoms with E-state index in [1.165, 1.54) is 0 Å². The van der Waals surface area contributed by atoms with Crippen LogP contribution < -0.4 is 0 Å². The number of fused-ring (bicyclic) bond motifs is 1. The molecule has 2 aromatic heterocycles. The van der Waals surface area contributed by atoms with Crippen molar-refractivity contribution >= 4 is 22.6 Å². The fraction of sp³-hybridized carbons (Fsp3) is 0.133. The van der Waals surface area contributed by atoms with Gasteiger partial charge in [0.2, 0.25) is 0 Å². The van der Waals surface area contributed by atoms with Crippen LogP contribution in [-0.4, -0.2) is 14.5 Å². The molecule has 1 unspecified atom stereocenters. The van der Waals surface area contributed by atoms with Crippen LogP contribution in [0.15, 0.2) is 42.7 Å². The summed E-state index contributed by atoms with van der Waals surface area (Å²) in [6.07, 6.45) is 3.40. The molecular formula is C15H11ClN4. The van der Waals surface area contributed by atoms with Crippen molar-refractivity contribution in [1.29, 1.82) is 5.26 Å². The van der Waals surface area contributed by atoms with Gasteiger partial charge in [-0.05, 0) is 25.1 Å². The van der Waals surface area contributed by atoms with Gasteiger partial charge in [0.15, 0.2) is 0 Å². The second-order valence-electron chi connectivity index (χ2n) is 4.41. The third-order valence-electron chi connectivity index (χ3n) is 3.10. The number of halogens is 1. The van der Waals surface area contributed by atoms with E-state index in [0.29, 0.717) is 11.4 Å². The molecule has 3 aromatic rings. The Bertz CT molecular complexity index is 814. The molecule has 0 bridgehead atoms. The van der Waals surface area contributed by atoms with Crippen molar-refractivity contribution in [3.63, 3.8) is 0 Å². The van der Waals surface area contributed by atoms with Crippen LogP contribution in [0.4, 0.5) is 0 Å². The fourth-order valence-corrected chi connectivity index (χ4v) is 2.38. The van der Waals surface area contributed by atoms with Crippen LogP contribution in [0, 0.1) is 11.3 Å². The summed E-state index contributed by atoms with van der Waals surface area (Å²) >= 11 is 6.24. The first kappa shape index (κ1) is 12.6. The van der Waals surface area contributed by atoms with Gasteiger partial charge in [0, 0.05) is 6.20 Å². The maximum absolute atomic E-state index is 9.29. The van der Waals surface area contributed by atoms with Crippen molar-refractivity contribution < 1.29 is 0 Å². The Balaban J connectivity index is 2.40. The standard InChI is InChI=1S/C15H11ClN4/c1-10(16)15-19-12-9-18-7-6-14(12)20(15)13-5-3-2-4-11(13)8-17/h2-7,9-10H,1H3.